The van der Waals surface area contributed by atoms with Crippen LogP contribution in [0.2, 0.25) is 0 Å². The number of carbonyl (C=O) groups is 4. The molecule has 0 spiro atoms. The number of nitrogens with zero attached hydrogens (tertiary/aromatic N) is 3. The van der Waals surface area contributed by atoms with Crippen molar-refractivity contribution in [2.75, 3.05) is 27.7 Å². The van der Waals surface area contributed by atoms with Gasteiger partial charge in [0.05, 0.1) is 11.7 Å². The number of thiazole rings is 1. The zero-order chi connectivity index (χ0) is 22.0. The van der Waals surface area contributed by atoms with E-state index in [-0.39, 0.29) is 38.0 Å². The molecule has 166 valence electrons. The van der Waals surface area contributed by atoms with Crippen LogP contribution in [0.3, 0.4) is 0 Å². The van der Waals surface area contributed by atoms with Crippen molar-refractivity contribution in [3.8, 4) is 0 Å². The van der Waals surface area contributed by atoms with Crippen LogP contribution in [0.5, 0.6) is 0 Å². The molecule has 1 saturated carbocycles. The summed E-state index contributed by atoms with van der Waals surface area (Å²) in [5.41, 5.74) is 0.934. The third-order valence-electron chi connectivity index (χ3n) is 5.58. The van der Waals surface area contributed by atoms with E-state index in [1.807, 2.05) is 7.05 Å². The first kappa shape index (κ1) is 25.3. The van der Waals surface area contributed by atoms with E-state index >= 15 is 0 Å². The van der Waals surface area contributed by atoms with Gasteiger partial charge in [0.25, 0.3) is 5.91 Å². The van der Waals surface area contributed by atoms with Gasteiger partial charge in [0.2, 0.25) is 5.91 Å². The number of likely N-dealkylation sites (N-methyl/N-ethyl adjacent to an activating group) is 1. The molecule has 3 atom stereocenters. The van der Waals surface area contributed by atoms with Gasteiger partial charge in [-0.1, -0.05) is 0 Å². The van der Waals surface area contributed by atoms with Gasteiger partial charge in [-0.15, -0.1) is 11.3 Å². The minimum Gasteiger partial charge on any atom is -1.00 e. The van der Waals surface area contributed by atoms with E-state index in [0.717, 1.165) is 30.1 Å². The second kappa shape index (κ2) is 10.6. The molecule has 1 aromatic heterocycles. The first-order valence-corrected chi connectivity index (χ1v) is 10.7. The number of carboxylic acid groups (broad SMARTS) is 1. The molecule has 31 heavy (non-hydrogen) atoms. The molecule has 3 amide bonds. The van der Waals surface area contributed by atoms with Crippen LogP contribution in [0.4, 0.5) is 0 Å². The number of amides is 3. The fourth-order valence-electron chi connectivity index (χ4n) is 3.97. The van der Waals surface area contributed by atoms with Gasteiger partial charge >= 0.3 is 30.7 Å². The number of aliphatic carboxylic acids is 1. The molecule has 1 fully saturated rings. The van der Waals surface area contributed by atoms with Crippen molar-refractivity contribution in [1.82, 2.24) is 25.4 Å². The molecular weight excluding hydrogens is 417 g/mol. The maximum absolute atomic E-state index is 12.9. The van der Waals surface area contributed by atoms with Crippen LogP contribution in [0, 0.1) is 5.92 Å². The third kappa shape index (κ3) is 6.07. The Balaban J connectivity index is 0.00000256. The molecule has 0 aromatic carbocycles. The third-order valence-corrected chi connectivity index (χ3v) is 6.67. The van der Waals surface area contributed by atoms with Crippen molar-refractivity contribution in [2.45, 2.75) is 44.3 Å². The number of fused-ring (bicyclic) bond motifs is 1. The molecule has 1 aliphatic heterocycles. The number of rotatable bonds is 4. The summed E-state index contributed by atoms with van der Waals surface area (Å²) in [4.78, 5) is 57.1. The summed E-state index contributed by atoms with van der Waals surface area (Å²) >= 11 is 1.35. The summed E-state index contributed by atoms with van der Waals surface area (Å²) in [6.45, 7) is 1.64. The molecule has 0 radical (unpaired) electrons. The van der Waals surface area contributed by atoms with Gasteiger partial charge in [0.15, 0.2) is 5.01 Å². The van der Waals surface area contributed by atoms with Crippen molar-refractivity contribution in [2.24, 2.45) is 5.92 Å². The van der Waals surface area contributed by atoms with Crippen molar-refractivity contribution in [1.29, 1.82) is 0 Å². The Kier molecular flexibility index (Phi) is 8.65. The zero-order valence-corrected chi connectivity index (χ0v) is 19.1. The van der Waals surface area contributed by atoms with Gasteiger partial charge in [-0.3, -0.25) is 14.4 Å². The molecule has 2 heterocycles. The predicted octanol–water partition coefficient (Wildman–Crippen LogP) is -3.20. The van der Waals surface area contributed by atoms with Crippen molar-refractivity contribution in [3.05, 3.63) is 15.6 Å². The molecule has 0 saturated heterocycles. The molecule has 1 aliphatic carbocycles. The minimum atomic E-state index is -1.58. The number of carboxylic acids is 1. The van der Waals surface area contributed by atoms with Gasteiger partial charge in [-0.2, -0.15) is 0 Å². The maximum atomic E-state index is 12.9. The Morgan fingerprint density at radius 3 is 2.55 bits per heavy atom. The molecule has 3 rings (SSSR count). The monoisotopic (exact) mass is 445 g/mol. The normalized spacial score (nSPS) is 23.1. The molecule has 2 aliphatic rings. The summed E-state index contributed by atoms with van der Waals surface area (Å²) < 4.78 is 0. The van der Waals surface area contributed by atoms with E-state index in [4.69, 9.17) is 5.11 Å². The first-order chi connectivity index (χ1) is 14.2. The average Bonchev–Trinajstić information content (AvgIpc) is 3.11. The molecule has 1 aromatic rings. The van der Waals surface area contributed by atoms with E-state index in [1.54, 1.807) is 14.1 Å². The van der Waals surface area contributed by atoms with E-state index in [0.29, 0.717) is 24.3 Å². The second-order valence-electron chi connectivity index (χ2n) is 8.08. The largest absolute Gasteiger partial charge is 1.00 e. The van der Waals surface area contributed by atoms with Crippen molar-refractivity contribution < 1.29 is 44.6 Å². The predicted molar refractivity (Wildman–Crippen MR) is 110 cm³/mol. The van der Waals surface area contributed by atoms with E-state index in [9.17, 15) is 19.2 Å². The van der Waals surface area contributed by atoms with Crippen molar-refractivity contribution in [3.63, 3.8) is 0 Å². The van der Waals surface area contributed by atoms with E-state index < -0.39 is 24.0 Å². The minimum absolute atomic E-state index is 0. The summed E-state index contributed by atoms with van der Waals surface area (Å²) in [6, 6.07) is -1.13. The molecule has 3 N–H and O–H groups in total. The van der Waals surface area contributed by atoms with Crippen LogP contribution < -0.4 is 29.5 Å². The molecule has 12 heteroatoms. The van der Waals surface area contributed by atoms with Crippen LogP contribution >= 0.6 is 11.3 Å². The smallest absolute Gasteiger partial charge is 1.00 e. The quantitative estimate of drug-likeness (QED) is 0.329. The van der Waals surface area contributed by atoms with Gasteiger partial charge < -0.3 is 27.0 Å². The molecule has 10 nitrogen and oxygen atoms in total. The molecule has 0 unspecified atom stereocenters. The number of hydrogen-bond donors (Lipinski definition) is 3. The summed E-state index contributed by atoms with van der Waals surface area (Å²) in [5, 5.41) is 14.6. The Labute approximate surface area is 198 Å². The number of nitrogens with one attached hydrogen (secondary N) is 2. The molecular formula is C19H28LiN5O5S. The topological polar surface area (TPSA) is 132 Å². The number of aromatic nitrogens is 1. The molecule has 0 bridgehead atoms. The van der Waals surface area contributed by atoms with Crippen LogP contribution in [0.1, 0.15) is 41.1 Å². The fraction of sp³-hybridized carbons (Fsp3) is 0.632. The van der Waals surface area contributed by atoms with Gasteiger partial charge in [-0.05, 0) is 26.3 Å². The van der Waals surface area contributed by atoms with Crippen molar-refractivity contribution >= 4 is 35.0 Å². The van der Waals surface area contributed by atoms with Crippen LogP contribution in [0.15, 0.2) is 0 Å². The number of carbonyl (C=O) groups excluding carboxylic acids is 3. The van der Waals surface area contributed by atoms with Crippen LogP contribution in [-0.2, 0) is 27.3 Å². The Hall–Kier alpha value is -1.93. The SMILES string of the molecule is CN1CCc2nc(C(=O)N[C@H]3C[C@@H](C(=O)N(C)C)CC[C@@H]3NC(=O)C(=O)O)sc2C1.[H-].[Li+]. The van der Waals surface area contributed by atoms with Gasteiger partial charge in [-0.25, -0.2) is 9.78 Å². The standard InChI is InChI=1S/C19H27N5O5S.Li.H/c1-23(2)18(27)10-4-5-11(20-16(26)19(28)29)13(8-10)21-15(25)17-22-12-6-7-24(3)9-14(12)30-17;;/h10-11,13H,4-9H2,1-3H3,(H,20,26)(H,21,25)(H,28,29);;/q;+1;-1/t10-,11-,13-;;/m0../s1. The Bertz CT molecular complexity index is 867. The zero-order valence-electron chi connectivity index (χ0n) is 19.3. The van der Waals surface area contributed by atoms with Crippen LogP contribution in [0.25, 0.3) is 0 Å². The summed E-state index contributed by atoms with van der Waals surface area (Å²) in [5.74, 6) is -3.42. The van der Waals surface area contributed by atoms with Gasteiger partial charge in [0, 0.05) is 50.4 Å². The second-order valence-corrected chi connectivity index (χ2v) is 9.17. The summed E-state index contributed by atoms with van der Waals surface area (Å²) in [7, 11) is 5.36. The first-order valence-electron chi connectivity index (χ1n) is 9.88. The Morgan fingerprint density at radius 2 is 1.90 bits per heavy atom. The number of hydrogen-bond acceptors (Lipinski definition) is 7. The summed E-state index contributed by atoms with van der Waals surface area (Å²) in [6.07, 6.45) is 2.01. The van der Waals surface area contributed by atoms with E-state index in [1.165, 1.54) is 16.2 Å². The Morgan fingerprint density at radius 1 is 1.19 bits per heavy atom. The van der Waals surface area contributed by atoms with E-state index in [2.05, 4.69) is 20.5 Å². The fourth-order valence-corrected chi connectivity index (χ4v) is 5.06. The van der Waals surface area contributed by atoms with Crippen LogP contribution in [-0.4, -0.2) is 83.4 Å². The maximum Gasteiger partial charge on any atom is 1.00 e. The average molecular weight is 445 g/mol. The van der Waals surface area contributed by atoms with Gasteiger partial charge in [0.1, 0.15) is 0 Å².